The second-order valence-corrected chi connectivity index (χ2v) is 6.95. The molecule has 5 nitrogen and oxygen atoms in total. The average molecular weight is 318 g/mol. The number of rotatable bonds is 4. The summed E-state index contributed by atoms with van der Waals surface area (Å²) in [7, 11) is -2.15. The summed E-state index contributed by atoms with van der Waals surface area (Å²) in [4.78, 5) is 12.3. The van der Waals surface area contributed by atoms with Crippen LogP contribution in [0.5, 0.6) is 0 Å². The van der Waals surface area contributed by atoms with Crippen molar-refractivity contribution in [3.8, 4) is 0 Å². The van der Waals surface area contributed by atoms with Crippen LogP contribution in [-0.2, 0) is 10.0 Å². The van der Waals surface area contributed by atoms with Gasteiger partial charge in [0.1, 0.15) is 0 Å². The lowest BCUT2D eigenvalue weighted by Crippen LogP contribution is -2.19. The first-order valence-electron chi connectivity index (χ1n) is 6.75. The van der Waals surface area contributed by atoms with Crippen LogP contribution in [0.25, 0.3) is 0 Å². The summed E-state index contributed by atoms with van der Waals surface area (Å²) < 4.78 is 25.5. The van der Waals surface area contributed by atoms with E-state index in [1.54, 1.807) is 0 Å². The number of amides is 1. The van der Waals surface area contributed by atoms with Gasteiger partial charge in [0, 0.05) is 11.3 Å². The van der Waals surface area contributed by atoms with Crippen molar-refractivity contribution in [2.24, 2.45) is 0 Å². The Bertz CT molecular complexity index is 776. The standard InChI is InChI=1S/C16H18N2O3S/c1-11-8-12(2)10-14(9-11)18-16(19)13-4-6-15(7-5-13)22(20,21)17-3/h4-10,17H,1-3H3,(H,18,19). The molecule has 0 aliphatic carbocycles. The number of sulfonamides is 1. The van der Waals surface area contributed by atoms with Crippen LogP contribution in [0.2, 0.25) is 0 Å². The minimum absolute atomic E-state index is 0.123. The lowest BCUT2D eigenvalue weighted by Gasteiger charge is -2.08. The van der Waals surface area contributed by atoms with Crippen molar-refractivity contribution in [3.63, 3.8) is 0 Å². The highest BCUT2D eigenvalue weighted by Crippen LogP contribution is 2.16. The van der Waals surface area contributed by atoms with E-state index in [4.69, 9.17) is 0 Å². The third-order valence-electron chi connectivity index (χ3n) is 3.18. The van der Waals surface area contributed by atoms with Gasteiger partial charge >= 0.3 is 0 Å². The van der Waals surface area contributed by atoms with Crippen molar-refractivity contribution in [1.29, 1.82) is 0 Å². The molecule has 2 N–H and O–H groups in total. The van der Waals surface area contributed by atoms with Crippen molar-refractivity contribution >= 4 is 21.6 Å². The number of carbonyl (C=O) groups is 1. The third kappa shape index (κ3) is 3.72. The van der Waals surface area contributed by atoms with E-state index < -0.39 is 10.0 Å². The molecule has 1 amide bonds. The maximum atomic E-state index is 12.2. The van der Waals surface area contributed by atoms with E-state index in [0.717, 1.165) is 16.8 Å². The summed E-state index contributed by atoms with van der Waals surface area (Å²) >= 11 is 0. The molecular formula is C16H18N2O3S. The lowest BCUT2D eigenvalue weighted by atomic mass is 10.1. The minimum Gasteiger partial charge on any atom is -0.322 e. The molecule has 0 atom stereocenters. The second-order valence-electron chi connectivity index (χ2n) is 5.06. The molecule has 0 aliphatic heterocycles. The first-order chi connectivity index (χ1) is 10.3. The molecule has 2 aromatic rings. The molecule has 0 aromatic heterocycles. The van der Waals surface area contributed by atoms with Gasteiger partial charge in [-0.3, -0.25) is 4.79 Å². The van der Waals surface area contributed by atoms with Crippen LogP contribution < -0.4 is 10.0 Å². The van der Waals surface area contributed by atoms with Crippen molar-refractivity contribution in [2.45, 2.75) is 18.7 Å². The van der Waals surface area contributed by atoms with Crippen LogP contribution >= 0.6 is 0 Å². The maximum Gasteiger partial charge on any atom is 0.255 e. The molecule has 0 saturated carbocycles. The number of aryl methyl sites for hydroxylation is 2. The van der Waals surface area contributed by atoms with Crippen molar-refractivity contribution in [3.05, 3.63) is 59.2 Å². The number of anilines is 1. The zero-order valence-corrected chi connectivity index (χ0v) is 13.5. The number of hydrogen-bond donors (Lipinski definition) is 2. The Hall–Kier alpha value is -2.18. The van der Waals surface area contributed by atoms with Gasteiger partial charge in [0.05, 0.1) is 4.90 Å². The first kappa shape index (κ1) is 16.2. The summed E-state index contributed by atoms with van der Waals surface area (Å²) in [5, 5.41) is 2.81. The fourth-order valence-corrected chi connectivity index (χ4v) is 2.88. The quantitative estimate of drug-likeness (QED) is 0.909. The monoisotopic (exact) mass is 318 g/mol. The highest BCUT2D eigenvalue weighted by molar-refractivity contribution is 7.89. The summed E-state index contributed by atoms with van der Waals surface area (Å²) in [5.41, 5.74) is 3.24. The molecule has 0 spiro atoms. The molecule has 0 radical (unpaired) electrons. The largest absolute Gasteiger partial charge is 0.322 e. The Labute approximate surface area is 130 Å². The van der Waals surface area contributed by atoms with E-state index in [0.29, 0.717) is 5.56 Å². The first-order valence-corrected chi connectivity index (χ1v) is 8.23. The molecule has 116 valence electrons. The van der Waals surface area contributed by atoms with Gasteiger partial charge in [-0.15, -0.1) is 0 Å². The normalized spacial score (nSPS) is 11.2. The van der Waals surface area contributed by atoms with E-state index in [9.17, 15) is 13.2 Å². The summed E-state index contributed by atoms with van der Waals surface area (Å²) in [6.07, 6.45) is 0. The number of carbonyl (C=O) groups excluding carboxylic acids is 1. The smallest absolute Gasteiger partial charge is 0.255 e. The molecule has 6 heteroatoms. The molecule has 0 aliphatic rings. The predicted molar refractivity (Wildman–Crippen MR) is 86.6 cm³/mol. The molecule has 0 bridgehead atoms. The maximum absolute atomic E-state index is 12.2. The Kier molecular flexibility index (Phi) is 4.63. The summed E-state index contributed by atoms with van der Waals surface area (Å²) in [6, 6.07) is 11.6. The molecule has 0 heterocycles. The second kappa shape index (κ2) is 6.29. The van der Waals surface area contributed by atoms with Crippen LogP contribution in [0.3, 0.4) is 0 Å². The topological polar surface area (TPSA) is 75.3 Å². The lowest BCUT2D eigenvalue weighted by molar-refractivity contribution is 0.102. The van der Waals surface area contributed by atoms with Crippen LogP contribution in [-0.4, -0.2) is 21.4 Å². The molecule has 0 saturated heterocycles. The van der Waals surface area contributed by atoms with Crippen LogP contribution in [0.4, 0.5) is 5.69 Å². The zero-order chi connectivity index (χ0) is 16.3. The average Bonchev–Trinajstić information content (AvgIpc) is 2.46. The number of benzene rings is 2. The van der Waals surface area contributed by atoms with Crippen LogP contribution in [0, 0.1) is 13.8 Å². The number of nitrogens with one attached hydrogen (secondary N) is 2. The van der Waals surface area contributed by atoms with Gasteiger partial charge in [-0.1, -0.05) is 6.07 Å². The van der Waals surface area contributed by atoms with Gasteiger partial charge in [-0.05, 0) is 68.4 Å². The molecule has 0 fully saturated rings. The Morgan fingerprint density at radius 1 is 0.955 bits per heavy atom. The van der Waals surface area contributed by atoms with E-state index in [1.165, 1.54) is 31.3 Å². The zero-order valence-electron chi connectivity index (χ0n) is 12.7. The van der Waals surface area contributed by atoms with Gasteiger partial charge < -0.3 is 5.32 Å². The highest BCUT2D eigenvalue weighted by atomic mass is 32.2. The predicted octanol–water partition coefficient (Wildman–Crippen LogP) is 2.46. The van der Waals surface area contributed by atoms with Crippen LogP contribution in [0.1, 0.15) is 21.5 Å². The fourth-order valence-electron chi connectivity index (χ4n) is 2.15. The van der Waals surface area contributed by atoms with Gasteiger partial charge in [0.15, 0.2) is 0 Å². The fraction of sp³-hybridized carbons (Fsp3) is 0.188. The molecular weight excluding hydrogens is 300 g/mol. The molecule has 22 heavy (non-hydrogen) atoms. The number of hydrogen-bond acceptors (Lipinski definition) is 3. The van der Waals surface area contributed by atoms with E-state index in [1.807, 2.05) is 32.0 Å². The van der Waals surface area contributed by atoms with Gasteiger partial charge in [-0.25, -0.2) is 13.1 Å². The summed E-state index contributed by atoms with van der Waals surface area (Å²) in [5.74, 6) is -0.279. The van der Waals surface area contributed by atoms with Gasteiger partial charge in [-0.2, -0.15) is 0 Å². The van der Waals surface area contributed by atoms with E-state index in [-0.39, 0.29) is 10.8 Å². The van der Waals surface area contributed by atoms with Crippen LogP contribution in [0.15, 0.2) is 47.4 Å². The molecule has 0 unspecified atom stereocenters. The molecule has 2 aromatic carbocycles. The van der Waals surface area contributed by atoms with E-state index >= 15 is 0 Å². The minimum atomic E-state index is -3.49. The highest BCUT2D eigenvalue weighted by Gasteiger charge is 2.12. The molecule has 2 rings (SSSR count). The van der Waals surface area contributed by atoms with Gasteiger partial charge in [0.25, 0.3) is 5.91 Å². The Balaban J connectivity index is 2.20. The Morgan fingerprint density at radius 2 is 1.50 bits per heavy atom. The SMILES string of the molecule is CNS(=O)(=O)c1ccc(C(=O)Nc2cc(C)cc(C)c2)cc1. The summed E-state index contributed by atoms with van der Waals surface area (Å²) in [6.45, 7) is 3.92. The van der Waals surface area contributed by atoms with Gasteiger partial charge in [0.2, 0.25) is 10.0 Å². The Morgan fingerprint density at radius 3 is 2.00 bits per heavy atom. The van der Waals surface area contributed by atoms with E-state index in [2.05, 4.69) is 10.0 Å². The van der Waals surface area contributed by atoms with Crippen molar-refractivity contribution in [2.75, 3.05) is 12.4 Å². The van der Waals surface area contributed by atoms with Crippen molar-refractivity contribution < 1.29 is 13.2 Å². The third-order valence-corrected chi connectivity index (χ3v) is 4.61. The van der Waals surface area contributed by atoms with Crippen molar-refractivity contribution in [1.82, 2.24) is 4.72 Å².